The minimum absolute atomic E-state index is 0.118. The summed E-state index contributed by atoms with van der Waals surface area (Å²) in [7, 11) is 0. The second kappa shape index (κ2) is 9.35. The molecule has 34 heavy (non-hydrogen) atoms. The van der Waals surface area contributed by atoms with E-state index in [9.17, 15) is 35.5 Å². The zero-order valence-corrected chi connectivity index (χ0v) is 17.3. The largest absolute Gasteiger partial charge is 0.452 e. The third-order valence-electron chi connectivity index (χ3n) is 4.92. The Bertz CT molecular complexity index is 1110. The quantitative estimate of drug-likeness (QED) is 0.587. The van der Waals surface area contributed by atoms with Gasteiger partial charge in [-0.25, -0.2) is 18.8 Å². The van der Waals surface area contributed by atoms with Crippen LogP contribution < -0.4 is 15.8 Å². The number of amides is 1. The van der Waals surface area contributed by atoms with Gasteiger partial charge in [-0.2, -0.15) is 22.0 Å². The molecule has 2 heterocycles. The van der Waals surface area contributed by atoms with E-state index in [-0.39, 0.29) is 22.7 Å². The summed E-state index contributed by atoms with van der Waals surface area (Å²) in [4.78, 5) is 19.9. The number of aromatic nitrogens is 1. The van der Waals surface area contributed by atoms with E-state index in [1.165, 1.54) is 6.92 Å². The van der Waals surface area contributed by atoms with Crippen molar-refractivity contribution in [1.82, 2.24) is 4.98 Å². The van der Waals surface area contributed by atoms with Gasteiger partial charge in [-0.15, -0.1) is 0 Å². The van der Waals surface area contributed by atoms with Crippen molar-refractivity contribution >= 4 is 17.6 Å². The summed E-state index contributed by atoms with van der Waals surface area (Å²) in [5, 5.41) is 2.35. The zero-order chi connectivity index (χ0) is 25.3. The summed E-state index contributed by atoms with van der Waals surface area (Å²) < 4.78 is 102. The Hall–Kier alpha value is -3.58. The number of rotatable bonds is 6. The Morgan fingerprint density at radius 2 is 2.06 bits per heavy atom. The number of benzene rings is 1. The number of nitrogens with zero attached hydrogens (tertiary/aromatic N) is 2. The van der Waals surface area contributed by atoms with E-state index in [1.54, 1.807) is 0 Å². The van der Waals surface area contributed by atoms with Crippen molar-refractivity contribution in [3.8, 4) is 5.75 Å². The molecule has 0 radical (unpaired) electrons. The first-order valence-electron chi connectivity index (χ1n) is 9.52. The standard InChI is InChI=1S/C20H17F7N4O3/c1-9-4-11(33-17(23)24)7-29-15(9)16(32)30-10-2-3-13(22)12(5-10)19(8-21)6-14(20(25,26)27)34-18(28)31-19/h2-5,7,14,17H,6,8H2,1H3,(H2,28,31)(H,30,32)/t14-,19+/m0/s1. The molecule has 184 valence electrons. The van der Waals surface area contributed by atoms with E-state index in [0.29, 0.717) is 0 Å². The van der Waals surface area contributed by atoms with Crippen LogP contribution in [0.5, 0.6) is 5.75 Å². The molecule has 1 aromatic carbocycles. The summed E-state index contributed by atoms with van der Waals surface area (Å²) in [6.07, 6.45) is -7.65. The van der Waals surface area contributed by atoms with Gasteiger partial charge in [0.1, 0.15) is 29.5 Å². The summed E-state index contributed by atoms with van der Waals surface area (Å²) in [5.74, 6) is -2.22. The van der Waals surface area contributed by atoms with E-state index in [2.05, 4.69) is 24.8 Å². The molecule has 14 heteroatoms. The number of carbonyl (C=O) groups is 1. The molecule has 0 unspecified atom stereocenters. The molecule has 0 bridgehead atoms. The summed E-state index contributed by atoms with van der Waals surface area (Å²) in [5.41, 5.74) is 2.23. The van der Waals surface area contributed by atoms with E-state index in [4.69, 9.17) is 5.73 Å². The highest BCUT2D eigenvalue weighted by Crippen LogP contribution is 2.42. The van der Waals surface area contributed by atoms with Crippen LogP contribution in [-0.2, 0) is 10.3 Å². The third kappa shape index (κ3) is 5.31. The van der Waals surface area contributed by atoms with Gasteiger partial charge in [-0.3, -0.25) is 4.79 Å². The number of nitrogens with one attached hydrogen (secondary N) is 1. The number of alkyl halides is 6. The number of anilines is 1. The molecule has 1 aliphatic heterocycles. The van der Waals surface area contributed by atoms with E-state index >= 15 is 0 Å². The molecule has 1 aliphatic rings. The van der Waals surface area contributed by atoms with Gasteiger partial charge in [0.05, 0.1) is 6.20 Å². The molecule has 2 atom stereocenters. The number of ether oxygens (including phenoxy) is 2. The van der Waals surface area contributed by atoms with Crippen molar-refractivity contribution < 1.29 is 45.0 Å². The fraction of sp³-hybridized carbons (Fsp3) is 0.350. The van der Waals surface area contributed by atoms with E-state index in [1.807, 2.05) is 0 Å². The second-order valence-electron chi connectivity index (χ2n) is 7.33. The van der Waals surface area contributed by atoms with Crippen LogP contribution in [-0.4, -0.2) is 42.5 Å². The highest BCUT2D eigenvalue weighted by molar-refractivity contribution is 6.03. The maximum Gasteiger partial charge on any atom is 0.425 e. The first kappa shape index (κ1) is 25.1. The van der Waals surface area contributed by atoms with Crippen LogP contribution in [0.1, 0.15) is 28.0 Å². The minimum atomic E-state index is -4.92. The van der Waals surface area contributed by atoms with Gasteiger partial charge in [0.2, 0.25) is 0 Å². The van der Waals surface area contributed by atoms with Crippen LogP contribution in [0.3, 0.4) is 0 Å². The molecule has 1 amide bonds. The molecule has 0 saturated carbocycles. The fourth-order valence-corrected chi connectivity index (χ4v) is 3.39. The first-order chi connectivity index (χ1) is 15.8. The third-order valence-corrected chi connectivity index (χ3v) is 4.92. The molecule has 0 spiro atoms. The van der Waals surface area contributed by atoms with Crippen LogP contribution >= 0.6 is 0 Å². The normalized spacial score (nSPS) is 20.5. The fourth-order valence-electron chi connectivity index (χ4n) is 3.39. The van der Waals surface area contributed by atoms with Crippen LogP contribution in [0.25, 0.3) is 0 Å². The van der Waals surface area contributed by atoms with E-state index < -0.39 is 60.8 Å². The predicted molar refractivity (Wildman–Crippen MR) is 105 cm³/mol. The molecule has 0 fully saturated rings. The van der Waals surface area contributed by atoms with Crippen LogP contribution in [0.4, 0.5) is 36.4 Å². The molecule has 0 saturated heterocycles. The molecule has 7 nitrogen and oxygen atoms in total. The van der Waals surface area contributed by atoms with Crippen molar-refractivity contribution in [2.24, 2.45) is 10.7 Å². The van der Waals surface area contributed by atoms with E-state index in [0.717, 1.165) is 30.5 Å². The molecule has 2 aromatic rings. The van der Waals surface area contributed by atoms with Crippen LogP contribution in [0.15, 0.2) is 35.5 Å². The Morgan fingerprint density at radius 3 is 2.65 bits per heavy atom. The van der Waals surface area contributed by atoms with Crippen molar-refractivity contribution in [2.75, 3.05) is 12.0 Å². The number of hydrogen-bond donors (Lipinski definition) is 2. The maximum absolute atomic E-state index is 14.6. The number of amidine groups is 1. The highest BCUT2D eigenvalue weighted by atomic mass is 19.4. The maximum atomic E-state index is 14.6. The Morgan fingerprint density at radius 1 is 1.35 bits per heavy atom. The van der Waals surface area contributed by atoms with Crippen LogP contribution in [0.2, 0.25) is 0 Å². The highest BCUT2D eigenvalue weighted by Gasteiger charge is 2.52. The van der Waals surface area contributed by atoms with Gasteiger partial charge in [-0.05, 0) is 36.8 Å². The number of hydrogen-bond acceptors (Lipinski definition) is 6. The van der Waals surface area contributed by atoms with Crippen molar-refractivity contribution in [1.29, 1.82) is 0 Å². The lowest BCUT2D eigenvalue weighted by molar-refractivity contribution is -0.209. The van der Waals surface area contributed by atoms with Crippen molar-refractivity contribution in [2.45, 2.75) is 37.8 Å². The lowest BCUT2D eigenvalue weighted by Gasteiger charge is -2.36. The molecule has 0 aliphatic carbocycles. The number of aryl methyl sites for hydroxylation is 1. The Balaban J connectivity index is 1.92. The number of carbonyl (C=O) groups excluding carboxylic acids is 1. The number of nitrogens with two attached hydrogens (primary N) is 1. The van der Waals surface area contributed by atoms with Crippen molar-refractivity contribution in [3.63, 3.8) is 0 Å². The Kier molecular flexibility index (Phi) is 6.89. The average Bonchev–Trinajstić information content (AvgIpc) is 2.73. The molecular weight excluding hydrogens is 477 g/mol. The van der Waals surface area contributed by atoms with Crippen LogP contribution in [0, 0.1) is 12.7 Å². The second-order valence-corrected chi connectivity index (χ2v) is 7.33. The lowest BCUT2D eigenvalue weighted by atomic mass is 9.84. The van der Waals surface area contributed by atoms with Gasteiger partial charge in [0.15, 0.2) is 6.10 Å². The monoisotopic (exact) mass is 494 g/mol. The van der Waals surface area contributed by atoms with Gasteiger partial charge in [0, 0.05) is 17.7 Å². The SMILES string of the molecule is Cc1cc(OC(F)F)cnc1C(=O)Nc1ccc(F)c([C@]2(CF)C[C@@H](C(F)(F)F)OC(N)=N2)c1. The topological polar surface area (TPSA) is 98.8 Å². The minimum Gasteiger partial charge on any atom is -0.452 e. The first-order valence-corrected chi connectivity index (χ1v) is 9.52. The molecule has 3 rings (SSSR count). The number of halogens is 7. The smallest absolute Gasteiger partial charge is 0.425 e. The molecular formula is C20H17F7N4O3. The van der Waals surface area contributed by atoms with Gasteiger partial charge in [0.25, 0.3) is 11.9 Å². The van der Waals surface area contributed by atoms with Gasteiger partial charge < -0.3 is 20.5 Å². The Labute approximate surface area is 187 Å². The van der Waals surface area contributed by atoms with Gasteiger partial charge in [-0.1, -0.05) is 0 Å². The molecule has 3 N–H and O–H groups in total. The summed E-state index contributed by atoms with van der Waals surface area (Å²) in [6, 6.07) is 2.99. The van der Waals surface area contributed by atoms with Gasteiger partial charge >= 0.3 is 12.8 Å². The summed E-state index contributed by atoms with van der Waals surface area (Å²) >= 11 is 0. The summed E-state index contributed by atoms with van der Waals surface area (Å²) in [6.45, 7) is -3.24. The lowest BCUT2D eigenvalue weighted by Crippen LogP contribution is -2.48. The van der Waals surface area contributed by atoms with Crippen molar-refractivity contribution in [3.05, 3.63) is 53.1 Å². The zero-order valence-electron chi connectivity index (χ0n) is 17.3. The molecule has 1 aromatic heterocycles. The predicted octanol–water partition coefficient (Wildman–Crippen LogP) is 4.21. The number of pyridine rings is 1. The average molecular weight is 494 g/mol. The number of aliphatic imine (C=N–C) groups is 1.